The van der Waals surface area contributed by atoms with Crippen LogP contribution < -0.4 is 27.9 Å². The number of thioether (sulfide) groups is 1. The molecule has 0 bridgehead atoms. The number of ketones is 1. The lowest BCUT2D eigenvalue weighted by Crippen LogP contribution is -2.61. The Morgan fingerprint density at radius 1 is 0.556 bits per heavy atom. The highest BCUT2D eigenvalue weighted by Gasteiger charge is 2.36. The molecule has 4 atom stereocenters. The van der Waals surface area contributed by atoms with Gasteiger partial charge in [-0.05, 0) is 25.7 Å². The van der Waals surface area contributed by atoms with Gasteiger partial charge in [-0.15, -0.1) is 0 Å². The molecule has 0 saturated carbocycles. The van der Waals surface area contributed by atoms with Crippen molar-refractivity contribution in [1.82, 2.24) is 15.6 Å². The topological polar surface area (TPSA) is 318 Å². The number of hydrogen-bond acceptors (Lipinski definition) is 14. The van der Waals surface area contributed by atoms with E-state index in [1.54, 1.807) is 0 Å². The van der Waals surface area contributed by atoms with Crippen LogP contribution in [-0.2, 0) is 52.6 Å². The number of primary amides is 1. The van der Waals surface area contributed by atoms with Crippen LogP contribution in [0.1, 0.15) is 226 Å². The Labute approximate surface area is 434 Å². The van der Waals surface area contributed by atoms with E-state index >= 15 is 0 Å². The molecule has 0 unspecified atom stereocenters. The minimum atomic E-state index is -2.04. The largest absolute Gasteiger partial charge is 0.481 e. The van der Waals surface area contributed by atoms with Gasteiger partial charge in [-0.2, -0.15) is 11.8 Å². The summed E-state index contributed by atoms with van der Waals surface area (Å²) in [5.74, 6) is -2.58. The third kappa shape index (κ3) is 37.4. The molecule has 19 nitrogen and oxygen atoms in total. The zero-order valence-corrected chi connectivity index (χ0v) is 44.8. The molecule has 0 heterocycles. The monoisotopic (exact) mass is 1040 g/mol. The summed E-state index contributed by atoms with van der Waals surface area (Å²) in [4.78, 5) is 113. The average Bonchev–Trinajstić information content (AvgIpc) is 3.34. The molecule has 0 rings (SSSR count). The predicted octanol–water partition coefficient (Wildman–Crippen LogP) is 7.31. The highest BCUT2D eigenvalue weighted by atomic mass is 32.2. The van der Waals surface area contributed by atoms with Crippen molar-refractivity contribution >= 4 is 65.1 Å². The molecule has 20 heteroatoms. The van der Waals surface area contributed by atoms with Crippen molar-refractivity contribution in [3.8, 4) is 0 Å². The summed E-state index contributed by atoms with van der Waals surface area (Å²) in [7, 11) is 0. The van der Waals surface area contributed by atoms with E-state index in [0.717, 1.165) is 38.5 Å². The number of carboxylic acid groups (broad SMARTS) is 2. The van der Waals surface area contributed by atoms with Crippen LogP contribution in [0.3, 0.4) is 0 Å². The van der Waals surface area contributed by atoms with Gasteiger partial charge in [-0.3, -0.25) is 43.4 Å². The zero-order chi connectivity index (χ0) is 53.8. The molecular formula is C52H94N6O13S. The van der Waals surface area contributed by atoms with E-state index in [2.05, 4.69) is 24.5 Å². The minimum Gasteiger partial charge on any atom is -0.481 e. The van der Waals surface area contributed by atoms with Gasteiger partial charge in [0.15, 0.2) is 11.8 Å². The first-order chi connectivity index (χ1) is 34.6. The normalized spacial score (nSPS) is 12.8. The second-order valence-electron chi connectivity index (χ2n) is 18.9. The summed E-state index contributed by atoms with van der Waals surface area (Å²) in [5, 5.41) is 23.2. The highest BCUT2D eigenvalue weighted by Crippen LogP contribution is 2.17. The number of esters is 2. The number of hydrogen-bond donors (Lipinski definition) is 7. The second-order valence-corrected chi connectivity index (χ2v) is 20.0. The number of amides is 4. The molecule has 4 amide bonds. The van der Waals surface area contributed by atoms with E-state index in [-0.39, 0.29) is 37.4 Å². The quantitative estimate of drug-likeness (QED) is 0.00784. The van der Waals surface area contributed by atoms with E-state index in [1.165, 1.54) is 127 Å². The lowest BCUT2D eigenvalue weighted by molar-refractivity contribution is -0.157. The van der Waals surface area contributed by atoms with Crippen molar-refractivity contribution in [2.45, 2.75) is 250 Å². The van der Waals surface area contributed by atoms with Gasteiger partial charge in [0.1, 0.15) is 24.8 Å². The van der Waals surface area contributed by atoms with Crippen molar-refractivity contribution in [3.05, 3.63) is 0 Å². The summed E-state index contributed by atoms with van der Waals surface area (Å²) >= 11 is 1.19. The fourth-order valence-corrected chi connectivity index (χ4v) is 8.90. The van der Waals surface area contributed by atoms with Crippen molar-refractivity contribution in [3.63, 3.8) is 0 Å². The fourth-order valence-electron chi connectivity index (χ4n) is 7.98. The van der Waals surface area contributed by atoms with Crippen molar-refractivity contribution < 1.29 is 62.8 Å². The van der Waals surface area contributed by atoms with Crippen LogP contribution in [0.15, 0.2) is 0 Å². The van der Waals surface area contributed by atoms with Gasteiger partial charge in [0.05, 0.1) is 6.54 Å². The van der Waals surface area contributed by atoms with Gasteiger partial charge in [-0.1, -0.05) is 168 Å². The van der Waals surface area contributed by atoms with Crippen molar-refractivity contribution in [1.29, 1.82) is 0 Å². The molecule has 0 aliphatic rings. The molecule has 0 radical (unpaired) electrons. The molecule has 416 valence electrons. The van der Waals surface area contributed by atoms with E-state index in [9.17, 15) is 48.3 Å². The molecule has 0 aromatic heterocycles. The number of hydrazine groups is 1. The van der Waals surface area contributed by atoms with Gasteiger partial charge < -0.3 is 41.8 Å². The van der Waals surface area contributed by atoms with Crippen molar-refractivity contribution in [2.75, 3.05) is 24.7 Å². The van der Waals surface area contributed by atoms with Crippen LogP contribution in [0.25, 0.3) is 0 Å². The zero-order valence-electron chi connectivity index (χ0n) is 43.9. The first-order valence-corrected chi connectivity index (χ1v) is 28.3. The second kappa shape index (κ2) is 45.3. The summed E-state index contributed by atoms with van der Waals surface area (Å²) in [6, 6.07) is -5.37. The number of carbonyl (C=O) groups is 9. The Kier molecular flexibility index (Phi) is 42.6. The lowest BCUT2D eigenvalue weighted by atomic mass is 10.0. The number of rotatable bonds is 50. The van der Waals surface area contributed by atoms with Gasteiger partial charge in [0.25, 0.3) is 5.91 Å². The third-order valence-corrected chi connectivity index (χ3v) is 13.5. The number of ether oxygens (including phenoxy) is 2. The Hall–Kier alpha value is -4.30. The number of Topliss-reactive ketones (excluding diaryl/α,β-unsaturated/α-hetero) is 1. The molecule has 0 spiro atoms. The summed E-state index contributed by atoms with van der Waals surface area (Å²) in [6.07, 6.45) is 27.8. The Bertz CT molecular complexity index is 1560. The molecule has 0 aliphatic carbocycles. The summed E-state index contributed by atoms with van der Waals surface area (Å²) in [5.41, 5.74) is 10.8. The van der Waals surface area contributed by atoms with Gasteiger partial charge >= 0.3 is 23.9 Å². The standard InChI is InChI=1S/C52H94N6O13S/c1-3-5-7-9-11-13-15-17-19-21-23-25-27-29-47(64)70-38-40(71-48(65)30-28-26-24-22-20-18-16-14-12-10-8-6-4-2)39-72-36-35-45(61)58(55)49(43(59)37-53)51(67)56-41(31-33-44(54)60)50(66)57-42(52(68)69)32-34-46(62)63/h40-42,49H,3-39,53,55H2,1-2H3,(H2,54,60)(H,56,67)(H,57,66)(H,62,63)(H,68,69)/t40-,41+,42+,49-/m1/s1. The molecular weight excluding hydrogens is 949 g/mol. The number of unbranched alkanes of at least 4 members (excludes halogenated alkanes) is 24. The summed E-state index contributed by atoms with van der Waals surface area (Å²) in [6.45, 7) is 3.54. The number of nitrogens with zero attached hydrogens (tertiary/aromatic N) is 1. The van der Waals surface area contributed by atoms with Crippen LogP contribution in [0.5, 0.6) is 0 Å². The lowest BCUT2D eigenvalue weighted by Gasteiger charge is -2.28. The fraction of sp³-hybridized carbons (Fsp3) is 0.827. The molecule has 72 heavy (non-hydrogen) atoms. The maximum atomic E-state index is 13.5. The molecule has 0 fully saturated rings. The van der Waals surface area contributed by atoms with Gasteiger partial charge in [0, 0.05) is 43.6 Å². The van der Waals surface area contributed by atoms with Crippen LogP contribution in [-0.4, -0.2) is 117 Å². The van der Waals surface area contributed by atoms with Gasteiger partial charge in [-0.25, -0.2) is 10.6 Å². The maximum Gasteiger partial charge on any atom is 0.326 e. The van der Waals surface area contributed by atoms with E-state index in [4.69, 9.17) is 31.9 Å². The number of nitrogens with two attached hydrogens (primary N) is 3. The van der Waals surface area contributed by atoms with E-state index in [0.29, 0.717) is 17.9 Å². The first-order valence-electron chi connectivity index (χ1n) is 27.1. The maximum absolute atomic E-state index is 13.5. The van der Waals surface area contributed by atoms with Gasteiger partial charge in [0.2, 0.25) is 17.7 Å². The van der Waals surface area contributed by atoms with Crippen LogP contribution in [0, 0.1) is 0 Å². The number of nitrogens with one attached hydrogen (secondary N) is 2. The van der Waals surface area contributed by atoms with Crippen LogP contribution in [0.4, 0.5) is 0 Å². The number of carbonyl (C=O) groups excluding carboxylic acids is 7. The highest BCUT2D eigenvalue weighted by molar-refractivity contribution is 7.99. The molecule has 10 N–H and O–H groups in total. The SMILES string of the molecule is CCCCCCCCCCCCCCCC(=O)OC[C@H](CSCCC(=O)N(N)[C@H](C(=O)CN)C(=O)N[C@@H](CCC(N)=O)C(=O)N[C@@H](CCC(=O)O)C(=O)O)OC(=O)CCCCCCCCCCCCCCC. The molecule has 0 aromatic rings. The molecule has 0 aliphatic heterocycles. The first kappa shape index (κ1) is 67.7. The molecule has 0 aromatic carbocycles. The minimum absolute atomic E-state index is 0.0774. The Balaban J connectivity index is 5.39. The Morgan fingerprint density at radius 3 is 1.42 bits per heavy atom. The van der Waals surface area contributed by atoms with Crippen molar-refractivity contribution in [2.24, 2.45) is 17.3 Å². The van der Waals surface area contributed by atoms with Crippen LogP contribution >= 0.6 is 11.8 Å². The average molecular weight is 1040 g/mol. The van der Waals surface area contributed by atoms with Crippen LogP contribution in [0.2, 0.25) is 0 Å². The van der Waals surface area contributed by atoms with E-state index < -0.39 is 110 Å². The Morgan fingerprint density at radius 2 is 0.986 bits per heavy atom. The number of aliphatic carboxylic acids is 2. The number of carboxylic acids is 2. The predicted molar refractivity (Wildman–Crippen MR) is 279 cm³/mol. The smallest absolute Gasteiger partial charge is 0.326 e. The van der Waals surface area contributed by atoms with E-state index in [1.807, 2.05) is 0 Å². The summed E-state index contributed by atoms with van der Waals surface area (Å²) < 4.78 is 11.3. The third-order valence-electron chi connectivity index (χ3n) is 12.4. The molecule has 0 saturated heterocycles.